The number of hydrogen-bond acceptors (Lipinski definition) is 9. The van der Waals surface area contributed by atoms with Crippen LogP contribution in [0.1, 0.15) is 72.8 Å². The lowest BCUT2D eigenvalue weighted by Crippen LogP contribution is -2.50. The summed E-state index contributed by atoms with van der Waals surface area (Å²) in [6, 6.07) is 30.1. The SMILES string of the molecule is CCC(=O)Cl.CCC(=O)N(CC1CN(C(C)=O)CCO1)c1ccccc1.CCC(=O)N(CC1CN(CCc2ccccc2)CCO1)c1ccccc1.CCC1CN(C(C)=O)CCO1. The summed E-state index contributed by atoms with van der Waals surface area (Å²) in [6.07, 6.45) is 3.58. The predicted molar refractivity (Wildman–Crippen MR) is 250 cm³/mol. The number of nitrogens with zero attached hydrogens (tertiary/aromatic N) is 5. The van der Waals surface area contributed by atoms with Gasteiger partial charge in [0.1, 0.15) is 0 Å². The Morgan fingerprint density at radius 2 is 0.968 bits per heavy atom. The number of para-hydroxylation sites is 2. The fraction of sp³-hybridized carbons (Fsp3) is 0.531. The van der Waals surface area contributed by atoms with Crippen molar-refractivity contribution in [3.05, 3.63) is 96.6 Å². The van der Waals surface area contributed by atoms with Crippen molar-refractivity contribution < 1.29 is 38.2 Å². The molecule has 0 saturated carbocycles. The van der Waals surface area contributed by atoms with Gasteiger partial charge in [0.25, 0.3) is 0 Å². The van der Waals surface area contributed by atoms with Gasteiger partial charge in [0, 0.05) is 90.3 Å². The van der Waals surface area contributed by atoms with Crippen molar-refractivity contribution in [2.24, 2.45) is 0 Å². The van der Waals surface area contributed by atoms with E-state index in [1.54, 1.807) is 30.6 Å². The van der Waals surface area contributed by atoms with E-state index >= 15 is 0 Å². The summed E-state index contributed by atoms with van der Waals surface area (Å²) in [6.45, 7) is 19.3. The monoisotopic (exact) mass is 891 g/mol. The van der Waals surface area contributed by atoms with E-state index in [0.717, 1.165) is 63.5 Å². The van der Waals surface area contributed by atoms with E-state index in [4.69, 9.17) is 25.8 Å². The standard InChI is InChI=1S/C22H28N2O2.C16H22N2O3.C8H15NO2.C3H5ClO/c1-2-22(25)24(20-11-7-4-8-12-20)18-21-17-23(15-16-26-21)14-13-19-9-5-3-6-10-19;1-3-16(20)18(14-7-5-4-6-8-14)12-15-11-17(13(2)19)9-10-21-15;1-3-8-6-9(7(2)10)4-5-11-8;1-2-3(4)5/h3-12,21H,2,13-18H2,1H3;4-8,15H,3,9-12H2,1-2H3;8H,3-6H2,1-2H3;2H2,1H3. The first-order chi connectivity index (χ1) is 30.4. The molecule has 0 spiro atoms. The Hall–Kier alpha value is -4.66. The van der Waals surface area contributed by atoms with E-state index in [1.165, 1.54) is 5.56 Å². The first-order valence-corrected chi connectivity index (χ1v) is 22.8. The van der Waals surface area contributed by atoms with Crippen molar-refractivity contribution in [1.29, 1.82) is 0 Å². The Bertz CT molecular complexity index is 1790. The highest BCUT2D eigenvalue weighted by Gasteiger charge is 2.27. The van der Waals surface area contributed by atoms with E-state index in [1.807, 2.05) is 84.3 Å². The highest BCUT2D eigenvalue weighted by molar-refractivity contribution is 6.63. The summed E-state index contributed by atoms with van der Waals surface area (Å²) >= 11 is 4.82. The number of carbonyl (C=O) groups excluding carboxylic acids is 5. The van der Waals surface area contributed by atoms with Gasteiger partial charge in [0.15, 0.2) is 0 Å². The maximum atomic E-state index is 12.4. The lowest BCUT2D eigenvalue weighted by Gasteiger charge is -2.35. The van der Waals surface area contributed by atoms with Gasteiger partial charge < -0.3 is 33.8 Å². The van der Waals surface area contributed by atoms with Crippen LogP contribution in [0.15, 0.2) is 91.0 Å². The predicted octanol–water partition coefficient (Wildman–Crippen LogP) is 6.86. The van der Waals surface area contributed by atoms with E-state index in [9.17, 15) is 24.0 Å². The van der Waals surface area contributed by atoms with E-state index in [0.29, 0.717) is 58.7 Å². The number of halogens is 1. The van der Waals surface area contributed by atoms with Crippen LogP contribution in [0.2, 0.25) is 0 Å². The zero-order chi connectivity index (χ0) is 46.0. The minimum Gasteiger partial charge on any atom is -0.375 e. The van der Waals surface area contributed by atoms with Crippen molar-refractivity contribution in [3.63, 3.8) is 0 Å². The van der Waals surface area contributed by atoms with Crippen molar-refractivity contribution in [2.45, 2.75) is 92.0 Å². The molecule has 3 aliphatic heterocycles. The second-order valence-electron chi connectivity index (χ2n) is 15.4. The molecule has 0 radical (unpaired) electrons. The molecule has 3 aliphatic rings. The topological polar surface area (TPSA) is 129 Å². The van der Waals surface area contributed by atoms with Gasteiger partial charge in [0.05, 0.1) is 51.2 Å². The summed E-state index contributed by atoms with van der Waals surface area (Å²) in [5.41, 5.74) is 3.18. The quantitative estimate of drug-likeness (QED) is 0.169. The maximum absolute atomic E-state index is 12.4. The average Bonchev–Trinajstić information content (AvgIpc) is 3.33. The van der Waals surface area contributed by atoms with Gasteiger partial charge in [-0.15, -0.1) is 0 Å². The number of ether oxygens (including phenoxy) is 3. The fourth-order valence-electron chi connectivity index (χ4n) is 7.10. The van der Waals surface area contributed by atoms with Gasteiger partial charge in [-0.1, -0.05) is 94.4 Å². The summed E-state index contributed by atoms with van der Waals surface area (Å²) in [5.74, 6) is 0.411. The first-order valence-electron chi connectivity index (χ1n) is 22.4. The highest BCUT2D eigenvalue weighted by atomic mass is 35.5. The number of anilines is 2. The summed E-state index contributed by atoms with van der Waals surface area (Å²) < 4.78 is 17.1. The molecule has 13 nitrogen and oxygen atoms in total. The van der Waals surface area contributed by atoms with E-state index in [2.05, 4.69) is 42.2 Å². The molecule has 3 atom stereocenters. The Balaban J connectivity index is 0.000000254. The largest absolute Gasteiger partial charge is 0.375 e. The molecule has 4 amide bonds. The van der Waals surface area contributed by atoms with Gasteiger partial charge >= 0.3 is 0 Å². The molecule has 0 aliphatic carbocycles. The molecule has 3 fully saturated rings. The zero-order valence-electron chi connectivity index (χ0n) is 38.3. The second-order valence-corrected chi connectivity index (χ2v) is 15.9. The van der Waals surface area contributed by atoms with Crippen LogP contribution >= 0.6 is 11.6 Å². The van der Waals surface area contributed by atoms with Crippen LogP contribution < -0.4 is 9.80 Å². The molecule has 3 heterocycles. The van der Waals surface area contributed by atoms with E-state index in [-0.39, 0.29) is 47.2 Å². The van der Waals surface area contributed by atoms with Gasteiger partial charge in [-0.25, -0.2) is 0 Å². The van der Waals surface area contributed by atoms with Crippen LogP contribution in [-0.2, 0) is 44.6 Å². The Kier molecular flexibility index (Phi) is 24.8. The van der Waals surface area contributed by atoms with Crippen molar-refractivity contribution in [2.75, 3.05) is 88.5 Å². The molecule has 3 unspecified atom stereocenters. The number of carbonyl (C=O) groups is 5. The molecular formula is C49H70ClN5O8. The van der Waals surface area contributed by atoms with Crippen LogP contribution in [0.5, 0.6) is 0 Å². The number of benzene rings is 3. The average molecular weight is 893 g/mol. The third-order valence-corrected chi connectivity index (χ3v) is 11.1. The number of rotatable bonds is 13. The lowest BCUT2D eigenvalue weighted by atomic mass is 10.1. The Labute approximate surface area is 380 Å². The molecule has 0 aromatic heterocycles. The van der Waals surface area contributed by atoms with Gasteiger partial charge in [-0.05, 0) is 54.3 Å². The molecule has 63 heavy (non-hydrogen) atoms. The van der Waals surface area contributed by atoms with Crippen LogP contribution in [0, 0.1) is 0 Å². The van der Waals surface area contributed by atoms with Crippen molar-refractivity contribution >= 4 is 51.8 Å². The minimum atomic E-state index is -0.273. The molecule has 346 valence electrons. The molecule has 3 aromatic rings. The minimum absolute atomic E-state index is 0.0511. The molecular weight excluding hydrogens is 822 g/mol. The summed E-state index contributed by atoms with van der Waals surface area (Å²) in [5, 5.41) is -0.273. The molecule has 0 N–H and O–H groups in total. The lowest BCUT2D eigenvalue weighted by molar-refractivity contribution is -0.137. The fourth-order valence-corrected chi connectivity index (χ4v) is 7.10. The van der Waals surface area contributed by atoms with Gasteiger partial charge in [-0.3, -0.25) is 28.9 Å². The smallest absolute Gasteiger partial charge is 0.226 e. The molecule has 3 aromatic carbocycles. The molecule has 0 bridgehead atoms. The highest BCUT2D eigenvalue weighted by Crippen LogP contribution is 2.19. The third kappa shape index (κ3) is 19.7. The van der Waals surface area contributed by atoms with Gasteiger partial charge in [0.2, 0.25) is 28.9 Å². The Morgan fingerprint density at radius 1 is 0.571 bits per heavy atom. The summed E-state index contributed by atoms with van der Waals surface area (Å²) in [7, 11) is 0. The first kappa shape index (κ1) is 52.7. The number of morpholine rings is 3. The summed E-state index contributed by atoms with van der Waals surface area (Å²) in [4.78, 5) is 66.3. The normalized spacial score (nSPS) is 18.5. The Morgan fingerprint density at radius 3 is 1.38 bits per heavy atom. The second kappa shape index (κ2) is 29.7. The third-order valence-electron chi connectivity index (χ3n) is 10.8. The van der Waals surface area contributed by atoms with Crippen LogP contribution in [0.3, 0.4) is 0 Å². The zero-order valence-corrected chi connectivity index (χ0v) is 39.0. The van der Waals surface area contributed by atoms with E-state index < -0.39 is 0 Å². The van der Waals surface area contributed by atoms with Gasteiger partial charge in [-0.2, -0.15) is 0 Å². The van der Waals surface area contributed by atoms with Crippen molar-refractivity contribution in [3.8, 4) is 0 Å². The molecule has 14 heteroatoms. The maximum Gasteiger partial charge on any atom is 0.226 e. The number of hydrogen-bond donors (Lipinski definition) is 0. The van der Waals surface area contributed by atoms with Crippen molar-refractivity contribution in [1.82, 2.24) is 14.7 Å². The molecule has 6 rings (SSSR count). The van der Waals surface area contributed by atoms with Crippen LogP contribution in [-0.4, -0.2) is 141 Å². The number of amides is 4. The van der Waals surface area contributed by atoms with Crippen LogP contribution in [0.4, 0.5) is 11.4 Å². The van der Waals surface area contributed by atoms with Crippen LogP contribution in [0.25, 0.3) is 0 Å². The molecule has 3 saturated heterocycles.